The fourth-order valence-corrected chi connectivity index (χ4v) is 10.4. The van der Waals surface area contributed by atoms with Gasteiger partial charge in [-0.05, 0) is 92.0 Å². The number of furan rings is 2. The van der Waals surface area contributed by atoms with E-state index in [0.717, 1.165) is 82.8 Å². The van der Waals surface area contributed by atoms with Gasteiger partial charge in [0.1, 0.15) is 22.3 Å². The number of hydrogen-bond acceptors (Lipinski definition) is 5. The van der Waals surface area contributed by atoms with Gasteiger partial charge in [-0.2, -0.15) is 0 Å². The summed E-state index contributed by atoms with van der Waals surface area (Å²) >= 11 is 0. The van der Waals surface area contributed by atoms with E-state index in [1.165, 1.54) is 33.4 Å². The van der Waals surface area contributed by atoms with Gasteiger partial charge < -0.3 is 8.83 Å². The molecule has 0 saturated carbocycles. The molecule has 3 aromatic heterocycles. The van der Waals surface area contributed by atoms with Crippen LogP contribution in [0.5, 0.6) is 0 Å². The van der Waals surface area contributed by atoms with Crippen LogP contribution >= 0.6 is 0 Å². The van der Waals surface area contributed by atoms with Gasteiger partial charge in [-0.3, -0.25) is 0 Å². The first-order valence-corrected chi connectivity index (χ1v) is 22.1. The van der Waals surface area contributed by atoms with Crippen molar-refractivity contribution >= 4 is 43.9 Å². The Morgan fingerprint density at radius 1 is 0.323 bits per heavy atom. The predicted octanol–water partition coefficient (Wildman–Crippen LogP) is 16.0. The molecule has 0 unspecified atom stereocenters. The average Bonchev–Trinajstić information content (AvgIpc) is 4.01. The summed E-state index contributed by atoms with van der Waals surface area (Å²) in [6.45, 7) is 4.70. The summed E-state index contributed by atoms with van der Waals surface area (Å²) in [4.78, 5) is 16.0. The zero-order chi connectivity index (χ0) is 43.2. The zero-order valence-corrected chi connectivity index (χ0v) is 35.7. The molecule has 0 bridgehead atoms. The van der Waals surface area contributed by atoms with E-state index in [0.29, 0.717) is 17.5 Å². The van der Waals surface area contributed by atoms with Crippen LogP contribution in [-0.4, -0.2) is 15.0 Å². The number of para-hydroxylation sites is 1. The van der Waals surface area contributed by atoms with Crippen LogP contribution in [0.4, 0.5) is 0 Å². The minimum Gasteiger partial charge on any atom is -0.456 e. The number of rotatable bonds is 6. The van der Waals surface area contributed by atoms with Gasteiger partial charge in [-0.25, -0.2) is 15.0 Å². The van der Waals surface area contributed by atoms with Crippen LogP contribution in [0.25, 0.3) is 123 Å². The van der Waals surface area contributed by atoms with Crippen LogP contribution in [0.3, 0.4) is 0 Å². The van der Waals surface area contributed by atoms with Gasteiger partial charge in [-0.1, -0.05) is 178 Å². The molecule has 0 atom stereocenters. The Hall–Kier alpha value is -8.41. The number of nitrogens with zero attached hydrogens (tertiary/aromatic N) is 3. The molecule has 0 fully saturated rings. The van der Waals surface area contributed by atoms with Gasteiger partial charge in [-0.15, -0.1) is 0 Å². The van der Waals surface area contributed by atoms with Crippen molar-refractivity contribution in [2.24, 2.45) is 0 Å². The molecule has 306 valence electrons. The second kappa shape index (κ2) is 14.3. The van der Waals surface area contributed by atoms with Gasteiger partial charge in [0, 0.05) is 43.7 Å². The lowest BCUT2D eigenvalue weighted by Crippen LogP contribution is -2.16. The van der Waals surface area contributed by atoms with E-state index >= 15 is 0 Å². The molecule has 5 heteroatoms. The minimum absolute atomic E-state index is 0.124. The molecule has 0 spiro atoms. The lowest BCUT2D eigenvalue weighted by molar-refractivity contribution is 0.662. The highest BCUT2D eigenvalue weighted by molar-refractivity contribution is 6.14. The van der Waals surface area contributed by atoms with E-state index in [4.69, 9.17) is 23.8 Å². The van der Waals surface area contributed by atoms with Crippen molar-refractivity contribution < 1.29 is 8.83 Å². The smallest absolute Gasteiger partial charge is 0.164 e. The number of hydrogen-bond donors (Lipinski definition) is 0. The summed E-state index contributed by atoms with van der Waals surface area (Å²) in [5.74, 6) is 1.70. The number of aromatic nitrogens is 3. The van der Waals surface area contributed by atoms with Gasteiger partial charge in [0.15, 0.2) is 17.5 Å². The van der Waals surface area contributed by atoms with Gasteiger partial charge in [0.05, 0.1) is 0 Å². The van der Waals surface area contributed by atoms with Crippen molar-refractivity contribution in [3.8, 4) is 78.7 Å². The van der Waals surface area contributed by atoms with Crippen molar-refractivity contribution in [2.45, 2.75) is 19.3 Å². The maximum atomic E-state index is 6.62. The highest BCUT2D eigenvalue weighted by atomic mass is 16.3. The lowest BCUT2D eigenvalue weighted by Gasteiger charge is -2.24. The molecule has 0 N–H and O–H groups in total. The fourth-order valence-electron chi connectivity index (χ4n) is 10.4. The summed E-state index contributed by atoms with van der Waals surface area (Å²) in [7, 11) is 0. The van der Waals surface area contributed by atoms with E-state index in [1.54, 1.807) is 0 Å². The van der Waals surface area contributed by atoms with Gasteiger partial charge >= 0.3 is 0 Å². The minimum atomic E-state index is -0.124. The quantitative estimate of drug-likeness (QED) is 0.167. The normalized spacial score (nSPS) is 12.9. The molecule has 9 aromatic carbocycles. The first kappa shape index (κ1) is 37.2. The molecule has 0 aliphatic heterocycles. The van der Waals surface area contributed by atoms with Crippen molar-refractivity contribution in [1.82, 2.24) is 15.0 Å². The van der Waals surface area contributed by atoms with Crippen LogP contribution < -0.4 is 0 Å². The van der Waals surface area contributed by atoms with E-state index in [2.05, 4.69) is 159 Å². The van der Waals surface area contributed by atoms with E-state index in [9.17, 15) is 0 Å². The third-order valence-corrected chi connectivity index (χ3v) is 13.4. The van der Waals surface area contributed by atoms with Crippen molar-refractivity contribution in [2.75, 3.05) is 0 Å². The highest BCUT2D eigenvalue weighted by Gasteiger charge is 2.37. The van der Waals surface area contributed by atoms with E-state index in [1.807, 2.05) is 54.6 Å². The molecule has 0 radical (unpaired) electrons. The third-order valence-electron chi connectivity index (χ3n) is 13.4. The Kier molecular flexibility index (Phi) is 8.18. The topological polar surface area (TPSA) is 65.0 Å². The molecular formula is C60H39N3O2. The lowest BCUT2D eigenvalue weighted by atomic mass is 9.78. The number of benzene rings is 9. The molecule has 5 nitrogen and oxygen atoms in total. The Morgan fingerprint density at radius 2 is 0.815 bits per heavy atom. The van der Waals surface area contributed by atoms with Crippen LogP contribution in [-0.2, 0) is 5.41 Å². The maximum Gasteiger partial charge on any atom is 0.164 e. The second-order valence-corrected chi connectivity index (χ2v) is 17.5. The first-order chi connectivity index (χ1) is 32.0. The SMILES string of the molecule is CC1(C)c2ccccc2-c2cccc(-c3cccc(-c4ccc5oc6cccc(-c7nc(-c8ccccc8-c8ccccc8)nc(-c8cccc9oc%10ccccc%10c89)n7)c6c5c4)c3)c21. The zero-order valence-electron chi connectivity index (χ0n) is 35.7. The Bertz CT molecular complexity index is 3880. The Labute approximate surface area is 375 Å². The predicted molar refractivity (Wildman–Crippen MR) is 265 cm³/mol. The monoisotopic (exact) mass is 833 g/mol. The third kappa shape index (κ3) is 5.82. The van der Waals surface area contributed by atoms with Crippen LogP contribution in [0.15, 0.2) is 209 Å². The summed E-state index contributed by atoms with van der Waals surface area (Å²) < 4.78 is 13.0. The summed E-state index contributed by atoms with van der Waals surface area (Å²) in [5, 5.41) is 3.92. The summed E-state index contributed by atoms with van der Waals surface area (Å²) in [6, 6.07) is 70.1. The van der Waals surface area contributed by atoms with Crippen LogP contribution in [0.2, 0.25) is 0 Å². The molecule has 65 heavy (non-hydrogen) atoms. The second-order valence-electron chi connectivity index (χ2n) is 17.5. The molecule has 1 aliphatic rings. The Morgan fingerprint density at radius 3 is 1.58 bits per heavy atom. The molecular weight excluding hydrogens is 795 g/mol. The molecule has 0 saturated heterocycles. The Balaban J connectivity index is 0.997. The summed E-state index contributed by atoms with van der Waals surface area (Å²) in [6.07, 6.45) is 0. The standard InChI is InChI=1S/C60H39N3O2/c1-60(2)49-28-10-8-21-42(49)43-25-13-24-41(56(43)60)39-19-12-18-37(34-39)38-32-33-51-48(35-38)55-47(27-15-31-53(55)65-51)59-62-57(44-22-7-6-20-40(44)36-16-4-3-5-17-36)61-58(63-59)46-26-14-30-52-54(46)45-23-9-11-29-50(45)64-52/h3-35H,1-2H3. The molecule has 13 rings (SSSR count). The van der Waals surface area contributed by atoms with Crippen molar-refractivity contribution in [1.29, 1.82) is 0 Å². The summed E-state index contributed by atoms with van der Waals surface area (Å²) in [5.41, 5.74) is 17.9. The van der Waals surface area contributed by atoms with Gasteiger partial charge in [0.25, 0.3) is 0 Å². The average molecular weight is 834 g/mol. The van der Waals surface area contributed by atoms with Crippen LogP contribution in [0.1, 0.15) is 25.0 Å². The van der Waals surface area contributed by atoms with Gasteiger partial charge in [0.2, 0.25) is 0 Å². The van der Waals surface area contributed by atoms with Crippen LogP contribution in [0, 0.1) is 0 Å². The van der Waals surface area contributed by atoms with Crippen molar-refractivity contribution in [3.63, 3.8) is 0 Å². The fraction of sp³-hybridized carbons (Fsp3) is 0.0500. The molecule has 12 aromatic rings. The van der Waals surface area contributed by atoms with E-state index < -0.39 is 0 Å². The largest absolute Gasteiger partial charge is 0.456 e. The molecule has 1 aliphatic carbocycles. The highest BCUT2D eigenvalue weighted by Crippen LogP contribution is 2.52. The first-order valence-electron chi connectivity index (χ1n) is 22.1. The van der Waals surface area contributed by atoms with Crippen molar-refractivity contribution in [3.05, 3.63) is 211 Å². The molecule has 0 amide bonds. The van der Waals surface area contributed by atoms with E-state index in [-0.39, 0.29) is 5.41 Å². The maximum absolute atomic E-state index is 6.62. The molecule has 3 heterocycles. The number of fused-ring (bicyclic) bond motifs is 9.